The van der Waals surface area contributed by atoms with Gasteiger partial charge in [-0.2, -0.15) is 0 Å². The highest BCUT2D eigenvalue weighted by molar-refractivity contribution is 5.96. The van der Waals surface area contributed by atoms with Gasteiger partial charge in [-0.1, -0.05) is 60.7 Å². The smallest absolute Gasteiger partial charge is 0.348 e. The molecule has 0 spiro atoms. The number of amides is 3. The summed E-state index contributed by atoms with van der Waals surface area (Å²) < 4.78 is 5.03. The molecule has 3 amide bonds. The zero-order valence-electron chi connectivity index (χ0n) is 16.1. The average molecular weight is 384 g/mol. The molecule has 2 aromatic rings. The Hall–Kier alpha value is -3.19. The minimum atomic E-state index is -2.09. The summed E-state index contributed by atoms with van der Waals surface area (Å²) in [6.07, 6.45) is 0. The second-order valence-electron chi connectivity index (χ2n) is 7.27. The maximum atomic E-state index is 12.7. The zero-order valence-corrected chi connectivity index (χ0v) is 16.1. The van der Waals surface area contributed by atoms with Crippen LogP contribution in [-0.4, -0.2) is 35.2 Å². The molecule has 0 aliphatic rings. The van der Waals surface area contributed by atoms with Crippen LogP contribution >= 0.6 is 0 Å². The van der Waals surface area contributed by atoms with Crippen molar-refractivity contribution in [1.82, 2.24) is 10.6 Å². The lowest BCUT2D eigenvalue weighted by atomic mass is 9.86. The van der Waals surface area contributed by atoms with Gasteiger partial charge in [0.25, 0.3) is 5.91 Å². The maximum absolute atomic E-state index is 12.7. The second kappa shape index (κ2) is 8.67. The zero-order chi connectivity index (χ0) is 20.8. The predicted octanol–water partition coefficient (Wildman–Crippen LogP) is 2.09. The van der Waals surface area contributed by atoms with Gasteiger partial charge < -0.3 is 15.2 Å². The highest BCUT2D eigenvalue weighted by Gasteiger charge is 2.41. The van der Waals surface area contributed by atoms with Crippen LogP contribution < -0.4 is 10.6 Å². The van der Waals surface area contributed by atoms with Crippen LogP contribution in [-0.2, 0) is 19.9 Å². The molecule has 148 valence electrons. The molecule has 0 aliphatic heterocycles. The van der Waals surface area contributed by atoms with E-state index in [9.17, 15) is 19.5 Å². The molecule has 3 N–H and O–H groups in total. The summed E-state index contributed by atoms with van der Waals surface area (Å²) in [4.78, 5) is 36.4. The predicted molar refractivity (Wildman–Crippen MR) is 103 cm³/mol. The molecule has 0 bridgehead atoms. The van der Waals surface area contributed by atoms with Crippen molar-refractivity contribution < 1.29 is 24.2 Å². The monoisotopic (exact) mass is 384 g/mol. The number of carbonyl (C=O) groups is 3. The van der Waals surface area contributed by atoms with Crippen LogP contribution in [0.4, 0.5) is 4.79 Å². The van der Waals surface area contributed by atoms with Gasteiger partial charge in [0.15, 0.2) is 6.61 Å². The van der Waals surface area contributed by atoms with Gasteiger partial charge in [-0.25, -0.2) is 9.59 Å². The number of esters is 1. The number of ether oxygens (including phenoxy) is 1. The van der Waals surface area contributed by atoms with E-state index in [2.05, 4.69) is 10.6 Å². The van der Waals surface area contributed by atoms with Crippen LogP contribution in [0.5, 0.6) is 0 Å². The van der Waals surface area contributed by atoms with Crippen LogP contribution in [0.1, 0.15) is 31.9 Å². The Morgan fingerprint density at radius 2 is 1.36 bits per heavy atom. The van der Waals surface area contributed by atoms with E-state index in [4.69, 9.17) is 4.74 Å². The highest BCUT2D eigenvalue weighted by Crippen LogP contribution is 2.30. The van der Waals surface area contributed by atoms with Gasteiger partial charge in [0, 0.05) is 5.54 Å². The number of aliphatic hydroxyl groups is 1. The van der Waals surface area contributed by atoms with Crippen molar-refractivity contribution >= 4 is 17.9 Å². The average Bonchev–Trinajstić information content (AvgIpc) is 2.65. The lowest BCUT2D eigenvalue weighted by Crippen LogP contribution is -2.49. The Bertz CT molecular complexity index is 789. The van der Waals surface area contributed by atoms with Crippen molar-refractivity contribution in [2.24, 2.45) is 0 Å². The molecule has 0 aromatic heterocycles. The summed E-state index contributed by atoms with van der Waals surface area (Å²) in [5, 5.41) is 15.8. The Morgan fingerprint density at radius 3 is 1.79 bits per heavy atom. The Balaban J connectivity index is 2.12. The van der Waals surface area contributed by atoms with Crippen LogP contribution in [0.15, 0.2) is 60.7 Å². The number of urea groups is 1. The molecule has 7 heteroatoms. The number of rotatable bonds is 5. The molecule has 0 saturated heterocycles. The summed E-state index contributed by atoms with van der Waals surface area (Å²) in [5.74, 6) is -1.82. The van der Waals surface area contributed by atoms with E-state index >= 15 is 0 Å². The minimum absolute atomic E-state index is 0.303. The van der Waals surface area contributed by atoms with Crippen LogP contribution in [0, 0.1) is 0 Å². The summed E-state index contributed by atoms with van der Waals surface area (Å²) >= 11 is 0. The van der Waals surface area contributed by atoms with Crippen molar-refractivity contribution in [2.45, 2.75) is 31.9 Å². The summed E-state index contributed by atoms with van der Waals surface area (Å²) in [6, 6.07) is 15.9. The van der Waals surface area contributed by atoms with Crippen LogP contribution in [0.2, 0.25) is 0 Å². The van der Waals surface area contributed by atoms with Gasteiger partial charge in [-0.15, -0.1) is 0 Å². The van der Waals surface area contributed by atoms with E-state index < -0.39 is 35.7 Å². The fraction of sp³-hybridized carbons (Fsp3) is 0.286. The topological polar surface area (TPSA) is 105 Å². The minimum Gasteiger partial charge on any atom is -0.453 e. The van der Waals surface area contributed by atoms with Gasteiger partial charge in [0.05, 0.1) is 0 Å². The summed E-state index contributed by atoms with van der Waals surface area (Å²) in [6.45, 7) is 4.57. The van der Waals surface area contributed by atoms with Crippen molar-refractivity contribution in [3.63, 3.8) is 0 Å². The third-order valence-electron chi connectivity index (χ3n) is 3.75. The first kappa shape index (κ1) is 21.1. The third kappa shape index (κ3) is 5.40. The van der Waals surface area contributed by atoms with Crippen molar-refractivity contribution in [3.05, 3.63) is 71.8 Å². The SMILES string of the molecule is CC(C)(C)NC(=O)NC(=O)COC(=O)C(O)(c1ccccc1)c1ccccc1. The Kier molecular flexibility index (Phi) is 6.53. The molecule has 28 heavy (non-hydrogen) atoms. The molecule has 0 atom stereocenters. The van der Waals surface area contributed by atoms with Gasteiger partial charge >= 0.3 is 12.0 Å². The second-order valence-corrected chi connectivity index (χ2v) is 7.27. The lowest BCUT2D eigenvalue weighted by molar-refractivity contribution is -0.164. The van der Waals surface area contributed by atoms with E-state index in [-0.39, 0.29) is 0 Å². The van der Waals surface area contributed by atoms with Crippen LogP contribution in [0.25, 0.3) is 0 Å². The molecule has 0 aliphatic carbocycles. The first-order valence-corrected chi connectivity index (χ1v) is 8.75. The number of hydrogen-bond donors (Lipinski definition) is 3. The van der Waals surface area contributed by atoms with Crippen molar-refractivity contribution in [3.8, 4) is 0 Å². The van der Waals surface area contributed by atoms with E-state index in [0.29, 0.717) is 11.1 Å². The maximum Gasteiger partial charge on any atom is 0.348 e. The number of nitrogens with one attached hydrogen (secondary N) is 2. The Morgan fingerprint density at radius 1 is 0.893 bits per heavy atom. The molecule has 2 aromatic carbocycles. The van der Waals surface area contributed by atoms with Gasteiger partial charge in [0.2, 0.25) is 5.60 Å². The molecule has 7 nitrogen and oxygen atoms in total. The summed E-state index contributed by atoms with van der Waals surface area (Å²) in [7, 11) is 0. The highest BCUT2D eigenvalue weighted by atomic mass is 16.6. The normalized spacial score (nSPS) is 11.4. The molecule has 0 heterocycles. The fourth-order valence-electron chi connectivity index (χ4n) is 2.53. The van der Waals surface area contributed by atoms with Crippen molar-refractivity contribution in [2.75, 3.05) is 6.61 Å². The van der Waals surface area contributed by atoms with E-state index in [1.54, 1.807) is 81.4 Å². The van der Waals surface area contributed by atoms with E-state index in [1.165, 1.54) is 0 Å². The standard InChI is InChI=1S/C21H24N2O5/c1-20(2,3)23-19(26)22-17(24)14-28-18(25)21(27,15-10-6-4-7-11-15)16-12-8-5-9-13-16/h4-13,27H,14H2,1-3H3,(H2,22,23,24,26). The third-order valence-corrected chi connectivity index (χ3v) is 3.75. The molecule has 0 radical (unpaired) electrons. The van der Waals surface area contributed by atoms with Crippen molar-refractivity contribution in [1.29, 1.82) is 0 Å². The first-order valence-electron chi connectivity index (χ1n) is 8.75. The number of hydrogen-bond acceptors (Lipinski definition) is 5. The Labute approximate surface area is 163 Å². The number of benzene rings is 2. The molecule has 0 unspecified atom stereocenters. The largest absolute Gasteiger partial charge is 0.453 e. The first-order chi connectivity index (χ1) is 13.1. The molecular weight excluding hydrogens is 360 g/mol. The van der Waals surface area contributed by atoms with Gasteiger partial charge in [-0.3, -0.25) is 10.1 Å². The quantitative estimate of drug-likeness (QED) is 0.685. The van der Waals surface area contributed by atoms with E-state index in [1.807, 2.05) is 0 Å². The number of carbonyl (C=O) groups excluding carboxylic acids is 3. The molecular formula is C21H24N2O5. The number of imide groups is 1. The lowest BCUT2D eigenvalue weighted by Gasteiger charge is -2.27. The van der Waals surface area contributed by atoms with Gasteiger partial charge in [0.1, 0.15) is 0 Å². The molecule has 0 fully saturated rings. The van der Waals surface area contributed by atoms with Gasteiger partial charge in [-0.05, 0) is 31.9 Å². The fourth-order valence-corrected chi connectivity index (χ4v) is 2.53. The molecule has 2 rings (SSSR count). The molecule has 0 saturated carbocycles. The van der Waals surface area contributed by atoms with E-state index in [0.717, 1.165) is 0 Å². The summed E-state index contributed by atoms with van der Waals surface area (Å²) in [5.41, 5.74) is -2.01. The van der Waals surface area contributed by atoms with Crippen LogP contribution in [0.3, 0.4) is 0 Å².